The van der Waals surface area contributed by atoms with Crippen LogP contribution in [0.2, 0.25) is 0 Å². The molecule has 5 heteroatoms. The minimum absolute atomic E-state index is 0.134. The number of rotatable bonds is 6. The fourth-order valence-electron chi connectivity index (χ4n) is 1.56. The van der Waals surface area contributed by atoms with Gasteiger partial charge in [0.15, 0.2) is 0 Å². The largest absolute Gasteiger partial charge is 0.396 e. The first-order valence-electron chi connectivity index (χ1n) is 5.69. The average Bonchev–Trinajstić information content (AvgIpc) is 2.82. The maximum atomic E-state index is 11.7. The van der Waals surface area contributed by atoms with Crippen LogP contribution in [0.4, 0.5) is 0 Å². The van der Waals surface area contributed by atoms with E-state index in [2.05, 4.69) is 10.3 Å². The third-order valence-electron chi connectivity index (χ3n) is 2.72. The van der Waals surface area contributed by atoms with Crippen LogP contribution in [0.15, 0.2) is 12.1 Å². The van der Waals surface area contributed by atoms with Gasteiger partial charge >= 0.3 is 0 Å². The van der Waals surface area contributed by atoms with Crippen LogP contribution < -0.4 is 5.32 Å². The molecular formula is C12H17N3O2. The molecule has 1 rings (SSSR count). The highest BCUT2D eigenvalue weighted by Gasteiger charge is 2.11. The molecule has 0 aliphatic rings. The molecule has 0 spiro atoms. The fraction of sp³-hybridized carbons (Fsp3) is 0.500. The van der Waals surface area contributed by atoms with Crippen LogP contribution >= 0.6 is 0 Å². The van der Waals surface area contributed by atoms with Gasteiger partial charge in [-0.2, -0.15) is 5.26 Å². The predicted octanol–water partition coefficient (Wildman–Crippen LogP) is 1.02. The van der Waals surface area contributed by atoms with E-state index >= 15 is 0 Å². The maximum Gasteiger partial charge on any atom is 0.267 e. The van der Waals surface area contributed by atoms with Gasteiger partial charge in [0.05, 0.1) is 0 Å². The number of carbonyl (C=O) groups is 1. The SMILES string of the molecule is CCC(CCO)CNC(=O)c1ccc(C#N)[nH]1. The van der Waals surface area contributed by atoms with Gasteiger partial charge in [0.1, 0.15) is 17.5 Å². The number of hydrogen-bond donors (Lipinski definition) is 3. The second kappa shape index (κ2) is 6.71. The van der Waals surface area contributed by atoms with E-state index in [-0.39, 0.29) is 18.4 Å². The zero-order valence-electron chi connectivity index (χ0n) is 9.86. The van der Waals surface area contributed by atoms with Crippen molar-refractivity contribution in [3.8, 4) is 6.07 Å². The number of aromatic nitrogens is 1. The summed E-state index contributed by atoms with van der Waals surface area (Å²) in [6.07, 6.45) is 1.60. The Morgan fingerprint density at radius 3 is 2.94 bits per heavy atom. The van der Waals surface area contributed by atoms with E-state index in [1.165, 1.54) is 0 Å². The number of H-pyrrole nitrogens is 1. The first-order valence-corrected chi connectivity index (χ1v) is 5.69. The Balaban J connectivity index is 2.46. The van der Waals surface area contributed by atoms with Crippen molar-refractivity contribution in [2.45, 2.75) is 19.8 Å². The second-order valence-electron chi connectivity index (χ2n) is 3.89. The lowest BCUT2D eigenvalue weighted by Gasteiger charge is -2.13. The summed E-state index contributed by atoms with van der Waals surface area (Å²) in [4.78, 5) is 14.4. The highest BCUT2D eigenvalue weighted by Crippen LogP contribution is 2.06. The van der Waals surface area contributed by atoms with Crippen molar-refractivity contribution in [3.63, 3.8) is 0 Å². The van der Waals surface area contributed by atoms with Crippen molar-refractivity contribution in [3.05, 3.63) is 23.5 Å². The summed E-state index contributed by atoms with van der Waals surface area (Å²) < 4.78 is 0. The van der Waals surface area contributed by atoms with E-state index in [1.54, 1.807) is 12.1 Å². The zero-order chi connectivity index (χ0) is 12.7. The lowest BCUT2D eigenvalue weighted by Crippen LogP contribution is -2.29. The van der Waals surface area contributed by atoms with Crippen LogP contribution in [0, 0.1) is 17.2 Å². The molecule has 1 atom stereocenters. The minimum Gasteiger partial charge on any atom is -0.396 e. The Morgan fingerprint density at radius 2 is 2.41 bits per heavy atom. The number of nitriles is 1. The number of nitrogens with one attached hydrogen (secondary N) is 2. The van der Waals surface area contributed by atoms with Crippen LogP contribution in [-0.4, -0.2) is 29.1 Å². The van der Waals surface area contributed by atoms with Crippen LogP contribution in [-0.2, 0) is 0 Å². The van der Waals surface area contributed by atoms with Gasteiger partial charge in [-0.1, -0.05) is 13.3 Å². The van der Waals surface area contributed by atoms with Crippen LogP contribution in [0.25, 0.3) is 0 Å². The molecule has 1 aromatic rings. The Morgan fingerprint density at radius 1 is 1.65 bits per heavy atom. The second-order valence-corrected chi connectivity index (χ2v) is 3.89. The minimum atomic E-state index is -0.220. The molecule has 1 aromatic heterocycles. The molecule has 1 heterocycles. The van der Waals surface area contributed by atoms with Crippen molar-refractivity contribution in [2.75, 3.05) is 13.2 Å². The van der Waals surface area contributed by atoms with Gasteiger partial charge < -0.3 is 15.4 Å². The monoisotopic (exact) mass is 235 g/mol. The molecule has 0 aliphatic carbocycles. The van der Waals surface area contributed by atoms with Crippen molar-refractivity contribution in [2.24, 2.45) is 5.92 Å². The van der Waals surface area contributed by atoms with Gasteiger partial charge in [-0.15, -0.1) is 0 Å². The average molecular weight is 235 g/mol. The van der Waals surface area contributed by atoms with Crippen LogP contribution in [0.1, 0.15) is 35.9 Å². The van der Waals surface area contributed by atoms with Crippen LogP contribution in [0.5, 0.6) is 0 Å². The summed E-state index contributed by atoms with van der Waals surface area (Å²) >= 11 is 0. The zero-order valence-corrected chi connectivity index (χ0v) is 9.86. The summed E-state index contributed by atoms with van der Waals surface area (Å²) in [5, 5.41) is 20.2. The van der Waals surface area contributed by atoms with Gasteiger partial charge in [-0.25, -0.2) is 0 Å². The molecule has 0 aromatic carbocycles. The third-order valence-corrected chi connectivity index (χ3v) is 2.72. The third kappa shape index (κ3) is 3.93. The van der Waals surface area contributed by atoms with Gasteiger partial charge in [0.2, 0.25) is 0 Å². The number of nitrogens with zero attached hydrogens (tertiary/aromatic N) is 1. The molecule has 17 heavy (non-hydrogen) atoms. The molecule has 0 fully saturated rings. The first kappa shape index (κ1) is 13.3. The lowest BCUT2D eigenvalue weighted by molar-refractivity contribution is 0.0939. The predicted molar refractivity (Wildman–Crippen MR) is 63.3 cm³/mol. The number of aromatic amines is 1. The van der Waals surface area contributed by atoms with Crippen molar-refractivity contribution < 1.29 is 9.90 Å². The van der Waals surface area contributed by atoms with Gasteiger partial charge in [-0.3, -0.25) is 4.79 Å². The Hall–Kier alpha value is -1.80. The summed E-state index contributed by atoms with van der Waals surface area (Å²) in [5.41, 5.74) is 0.762. The highest BCUT2D eigenvalue weighted by molar-refractivity contribution is 5.92. The van der Waals surface area contributed by atoms with Gasteiger partial charge in [0, 0.05) is 13.2 Å². The molecule has 1 amide bonds. The smallest absolute Gasteiger partial charge is 0.267 e. The molecule has 3 N–H and O–H groups in total. The lowest BCUT2D eigenvalue weighted by atomic mass is 10.0. The van der Waals surface area contributed by atoms with E-state index < -0.39 is 0 Å². The van der Waals surface area contributed by atoms with E-state index in [1.807, 2.05) is 13.0 Å². The van der Waals surface area contributed by atoms with E-state index in [4.69, 9.17) is 10.4 Å². The highest BCUT2D eigenvalue weighted by atomic mass is 16.3. The van der Waals surface area contributed by atoms with Crippen molar-refractivity contribution >= 4 is 5.91 Å². The molecule has 0 saturated carbocycles. The fourth-order valence-corrected chi connectivity index (χ4v) is 1.56. The number of aliphatic hydroxyl groups excluding tert-OH is 1. The van der Waals surface area contributed by atoms with E-state index in [9.17, 15) is 4.79 Å². The number of hydrogen-bond acceptors (Lipinski definition) is 3. The van der Waals surface area contributed by atoms with Gasteiger partial charge in [0.25, 0.3) is 5.91 Å². The summed E-state index contributed by atoms with van der Waals surface area (Å²) in [6, 6.07) is 5.08. The molecule has 92 valence electrons. The molecule has 5 nitrogen and oxygen atoms in total. The molecule has 0 radical (unpaired) electrons. The summed E-state index contributed by atoms with van der Waals surface area (Å²) in [5.74, 6) is 0.0669. The topological polar surface area (TPSA) is 88.9 Å². The Kier molecular flexibility index (Phi) is 5.24. The molecule has 0 bridgehead atoms. The molecule has 0 aliphatic heterocycles. The quantitative estimate of drug-likeness (QED) is 0.687. The Labute approximate surface area is 100 Å². The number of aliphatic hydroxyl groups is 1. The normalized spacial score (nSPS) is 11.8. The van der Waals surface area contributed by atoms with Crippen LogP contribution in [0.3, 0.4) is 0 Å². The number of carbonyl (C=O) groups excluding carboxylic acids is 1. The molecule has 1 unspecified atom stereocenters. The maximum absolute atomic E-state index is 11.7. The van der Waals surface area contributed by atoms with E-state index in [0.717, 1.165) is 6.42 Å². The molecular weight excluding hydrogens is 218 g/mol. The van der Waals surface area contributed by atoms with Gasteiger partial charge in [-0.05, 0) is 24.5 Å². The molecule has 0 saturated heterocycles. The number of amides is 1. The first-order chi connectivity index (χ1) is 8.21. The van der Waals surface area contributed by atoms with E-state index in [0.29, 0.717) is 24.4 Å². The standard InChI is InChI=1S/C12H17N3O2/c1-2-9(5-6-16)8-14-12(17)11-4-3-10(7-13)15-11/h3-4,9,15-16H,2,5-6,8H2,1H3,(H,14,17). The summed E-state index contributed by atoms with van der Waals surface area (Å²) in [7, 11) is 0. The summed E-state index contributed by atoms with van der Waals surface area (Å²) in [6.45, 7) is 2.70. The van der Waals surface area contributed by atoms with Crippen molar-refractivity contribution in [1.29, 1.82) is 5.26 Å². The van der Waals surface area contributed by atoms with Crippen molar-refractivity contribution in [1.82, 2.24) is 10.3 Å². The Bertz CT molecular complexity index is 406.